The first-order valence-corrected chi connectivity index (χ1v) is 7.67. The summed E-state index contributed by atoms with van der Waals surface area (Å²) in [5.74, 6) is -0.208. The van der Waals surface area contributed by atoms with Gasteiger partial charge in [0.1, 0.15) is 0 Å². The molecule has 1 aromatic carbocycles. The zero-order valence-corrected chi connectivity index (χ0v) is 12.3. The smallest absolute Gasteiger partial charge is 0.242 e. The molecule has 6 nitrogen and oxygen atoms in total. The van der Waals surface area contributed by atoms with Crippen LogP contribution in [0.2, 0.25) is 0 Å². The molecule has 1 aromatic heterocycles. The number of hydrogen-bond donors (Lipinski definition) is 1. The van der Waals surface area contributed by atoms with Crippen molar-refractivity contribution in [3.63, 3.8) is 0 Å². The van der Waals surface area contributed by atoms with Crippen LogP contribution in [-0.4, -0.2) is 37.7 Å². The minimum atomic E-state index is -3.46. The molecule has 0 aliphatic heterocycles. The Hall–Kier alpha value is -1.51. The van der Waals surface area contributed by atoms with Crippen molar-refractivity contribution < 1.29 is 13.2 Å². The summed E-state index contributed by atoms with van der Waals surface area (Å²) >= 11 is 1.24. The first kappa shape index (κ1) is 13.9. The number of carbonyl (C=O) groups is 1. The molecule has 0 fully saturated rings. The van der Waals surface area contributed by atoms with E-state index < -0.39 is 10.0 Å². The number of thiazole rings is 1. The minimum Gasteiger partial charge on any atom is -0.302 e. The van der Waals surface area contributed by atoms with Crippen molar-refractivity contribution in [1.29, 1.82) is 0 Å². The van der Waals surface area contributed by atoms with Gasteiger partial charge in [-0.1, -0.05) is 11.3 Å². The number of amides is 1. The second-order valence-corrected chi connectivity index (χ2v) is 7.30. The molecule has 0 radical (unpaired) electrons. The van der Waals surface area contributed by atoms with Crippen LogP contribution in [0.3, 0.4) is 0 Å². The highest BCUT2D eigenvalue weighted by molar-refractivity contribution is 7.89. The van der Waals surface area contributed by atoms with Crippen LogP contribution in [0, 0.1) is 0 Å². The summed E-state index contributed by atoms with van der Waals surface area (Å²) in [5, 5.41) is 3.04. The van der Waals surface area contributed by atoms with Crippen molar-refractivity contribution in [1.82, 2.24) is 9.29 Å². The Morgan fingerprint density at radius 1 is 1.37 bits per heavy atom. The molecule has 0 saturated carbocycles. The van der Waals surface area contributed by atoms with E-state index in [9.17, 15) is 13.2 Å². The number of aromatic nitrogens is 1. The fraction of sp³-hybridized carbons (Fsp3) is 0.273. The van der Waals surface area contributed by atoms with Gasteiger partial charge in [0.15, 0.2) is 5.13 Å². The van der Waals surface area contributed by atoms with Gasteiger partial charge in [0, 0.05) is 21.0 Å². The predicted molar refractivity (Wildman–Crippen MR) is 74.8 cm³/mol. The fourth-order valence-electron chi connectivity index (χ4n) is 1.48. The average molecular weight is 299 g/mol. The second-order valence-electron chi connectivity index (χ2n) is 4.12. The molecule has 0 aliphatic carbocycles. The summed E-state index contributed by atoms with van der Waals surface area (Å²) < 4.78 is 25.9. The Kier molecular flexibility index (Phi) is 3.57. The average Bonchev–Trinajstić information content (AvgIpc) is 2.68. The van der Waals surface area contributed by atoms with E-state index in [4.69, 9.17) is 0 Å². The molecule has 0 spiro atoms. The zero-order chi connectivity index (χ0) is 14.2. The van der Waals surface area contributed by atoms with Crippen LogP contribution >= 0.6 is 11.3 Å². The van der Waals surface area contributed by atoms with Gasteiger partial charge in [0.2, 0.25) is 15.9 Å². The van der Waals surface area contributed by atoms with Crippen LogP contribution in [0.1, 0.15) is 6.92 Å². The first-order chi connectivity index (χ1) is 8.80. The maximum absolute atomic E-state index is 12.0. The summed E-state index contributed by atoms with van der Waals surface area (Å²) in [6, 6.07) is 4.70. The Balaban J connectivity index is 2.49. The summed E-state index contributed by atoms with van der Waals surface area (Å²) in [6.07, 6.45) is 0. The summed E-state index contributed by atoms with van der Waals surface area (Å²) in [7, 11) is -0.495. The minimum absolute atomic E-state index is 0.208. The molecule has 2 rings (SSSR count). The Labute approximate surface area is 115 Å². The molecule has 0 bridgehead atoms. The molecule has 0 aliphatic rings. The zero-order valence-electron chi connectivity index (χ0n) is 10.7. The Bertz CT molecular complexity index is 735. The van der Waals surface area contributed by atoms with Crippen LogP contribution < -0.4 is 5.32 Å². The third-order valence-electron chi connectivity index (χ3n) is 2.42. The van der Waals surface area contributed by atoms with Crippen LogP contribution in [0.5, 0.6) is 0 Å². The monoisotopic (exact) mass is 299 g/mol. The third kappa shape index (κ3) is 2.75. The largest absolute Gasteiger partial charge is 0.302 e. The standard InChI is InChI=1S/C11H13N3O3S2/c1-7(15)12-11-13-9-5-4-8(6-10(9)18-11)19(16,17)14(2)3/h4-6H,1-3H3,(H,12,13,15). The molecule has 0 unspecified atom stereocenters. The number of sulfonamides is 1. The van der Waals surface area contributed by atoms with Crippen molar-refractivity contribution in [2.45, 2.75) is 11.8 Å². The molecule has 0 saturated heterocycles. The number of anilines is 1. The lowest BCUT2D eigenvalue weighted by atomic mass is 10.3. The van der Waals surface area contributed by atoms with Crippen LogP contribution in [-0.2, 0) is 14.8 Å². The van der Waals surface area contributed by atoms with Crippen LogP contribution in [0.4, 0.5) is 5.13 Å². The summed E-state index contributed by atoms with van der Waals surface area (Å²) in [4.78, 5) is 15.4. The molecule has 1 amide bonds. The molecule has 1 heterocycles. The number of hydrogen-bond acceptors (Lipinski definition) is 5. The number of fused-ring (bicyclic) bond motifs is 1. The molecule has 102 valence electrons. The maximum Gasteiger partial charge on any atom is 0.242 e. The summed E-state index contributed by atoms with van der Waals surface area (Å²) in [6.45, 7) is 1.40. The number of benzene rings is 1. The van der Waals surface area contributed by atoms with Crippen LogP contribution in [0.15, 0.2) is 23.1 Å². The Morgan fingerprint density at radius 2 is 2.05 bits per heavy atom. The van der Waals surface area contributed by atoms with E-state index in [2.05, 4.69) is 10.3 Å². The quantitative estimate of drug-likeness (QED) is 0.931. The second kappa shape index (κ2) is 4.87. The van der Waals surface area contributed by atoms with Crippen LogP contribution in [0.25, 0.3) is 10.2 Å². The fourth-order valence-corrected chi connectivity index (χ4v) is 3.43. The van der Waals surface area contributed by atoms with Gasteiger partial charge in [0.25, 0.3) is 0 Å². The highest BCUT2D eigenvalue weighted by atomic mass is 32.2. The first-order valence-electron chi connectivity index (χ1n) is 5.41. The number of carbonyl (C=O) groups excluding carboxylic acids is 1. The van der Waals surface area contributed by atoms with E-state index in [1.807, 2.05) is 0 Å². The van der Waals surface area contributed by atoms with E-state index in [1.54, 1.807) is 12.1 Å². The normalized spacial score (nSPS) is 12.0. The van der Waals surface area contributed by atoms with Gasteiger partial charge in [-0.2, -0.15) is 0 Å². The molecule has 0 atom stereocenters. The van der Waals surface area contributed by atoms with Gasteiger partial charge >= 0.3 is 0 Å². The molecular weight excluding hydrogens is 286 g/mol. The van der Waals surface area contributed by atoms with E-state index in [0.717, 1.165) is 4.31 Å². The SMILES string of the molecule is CC(=O)Nc1nc2ccc(S(=O)(=O)N(C)C)cc2s1. The van der Waals surface area contributed by atoms with E-state index in [-0.39, 0.29) is 10.8 Å². The molecule has 2 aromatic rings. The number of nitrogens with zero attached hydrogens (tertiary/aromatic N) is 2. The van der Waals surface area contributed by atoms with Crippen molar-refractivity contribution in [2.75, 3.05) is 19.4 Å². The maximum atomic E-state index is 12.0. The highest BCUT2D eigenvalue weighted by Gasteiger charge is 2.18. The predicted octanol–water partition coefficient (Wildman–Crippen LogP) is 1.50. The summed E-state index contributed by atoms with van der Waals surface area (Å²) in [5.41, 5.74) is 0.659. The van der Waals surface area contributed by atoms with Crippen molar-refractivity contribution in [3.05, 3.63) is 18.2 Å². The third-order valence-corrected chi connectivity index (χ3v) is 5.17. The Morgan fingerprint density at radius 3 is 2.63 bits per heavy atom. The molecule has 1 N–H and O–H groups in total. The number of rotatable bonds is 3. The van der Waals surface area contributed by atoms with Gasteiger partial charge in [-0.05, 0) is 18.2 Å². The number of nitrogens with one attached hydrogen (secondary N) is 1. The van der Waals surface area contributed by atoms with Gasteiger partial charge in [0.05, 0.1) is 15.1 Å². The van der Waals surface area contributed by atoms with Crippen molar-refractivity contribution >= 4 is 42.6 Å². The molecule has 19 heavy (non-hydrogen) atoms. The lowest BCUT2D eigenvalue weighted by molar-refractivity contribution is -0.114. The van der Waals surface area contributed by atoms with Gasteiger partial charge in [-0.25, -0.2) is 17.7 Å². The van der Waals surface area contributed by atoms with Gasteiger partial charge in [-0.15, -0.1) is 0 Å². The molecule has 8 heteroatoms. The van der Waals surface area contributed by atoms with Crippen molar-refractivity contribution in [2.24, 2.45) is 0 Å². The van der Waals surface area contributed by atoms with Gasteiger partial charge < -0.3 is 5.32 Å². The van der Waals surface area contributed by atoms with E-state index >= 15 is 0 Å². The van der Waals surface area contributed by atoms with E-state index in [0.29, 0.717) is 15.3 Å². The van der Waals surface area contributed by atoms with Crippen molar-refractivity contribution in [3.8, 4) is 0 Å². The lowest BCUT2D eigenvalue weighted by Crippen LogP contribution is -2.22. The highest BCUT2D eigenvalue weighted by Crippen LogP contribution is 2.28. The van der Waals surface area contributed by atoms with Gasteiger partial charge in [-0.3, -0.25) is 4.79 Å². The lowest BCUT2D eigenvalue weighted by Gasteiger charge is -2.10. The topological polar surface area (TPSA) is 79.4 Å². The molecular formula is C11H13N3O3S2. The van der Waals surface area contributed by atoms with E-state index in [1.165, 1.54) is 38.4 Å².